The molecule has 1 aliphatic heterocycles. The molecule has 7 nitrogen and oxygen atoms in total. The second-order valence-electron chi connectivity index (χ2n) is 9.38. The number of furan rings is 1. The lowest BCUT2D eigenvalue weighted by molar-refractivity contribution is 0.0983. The van der Waals surface area contributed by atoms with Crippen molar-refractivity contribution >= 4 is 42.6 Å². The van der Waals surface area contributed by atoms with Crippen molar-refractivity contribution in [2.45, 2.75) is 57.5 Å². The van der Waals surface area contributed by atoms with Gasteiger partial charge in [0.05, 0.1) is 27.9 Å². The van der Waals surface area contributed by atoms with E-state index < -0.39 is 10.0 Å². The molecule has 1 saturated heterocycles. The average Bonchev–Trinajstić information content (AvgIpc) is 3.52. The van der Waals surface area contributed by atoms with Crippen LogP contribution in [-0.2, 0) is 16.6 Å². The molecule has 5 rings (SSSR count). The third kappa shape index (κ3) is 4.70. The summed E-state index contributed by atoms with van der Waals surface area (Å²) in [5.41, 5.74) is 3.45. The number of thiazole rings is 1. The first-order chi connectivity index (χ1) is 17.2. The summed E-state index contributed by atoms with van der Waals surface area (Å²) in [5, 5.41) is 0.568. The first-order valence-electron chi connectivity index (χ1n) is 12.1. The maximum atomic E-state index is 13.7. The molecular formula is C27H29N3O4S2. The molecule has 2 aromatic carbocycles. The Bertz CT molecular complexity index is 1490. The maximum absolute atomic E-state index is 13.7. The van der Waals surface area contributed by atoms with Crippen molar-refractivity contribution in [1.29, 1.82) is 0 Å². The van der Waals surface area contributed by atoms with Gasteiger partial charge < -0.3 is 4.42 Å². The largest absolute Gasteiger partial charge is 0.467 e. The van der Waals surface area contributed by atoms with Crippen LogP contribution in [0.15, 0.2) is 64.1 Å². The van der Waals surface area contributed by atoms with Crippen LogP contribution in [0.5, 0.6) is 0 Å². The number of aryl methyl sites for hydroxylation is 2. The minimum atomic E-state index is -3.61. The molecule has 9 heteroatoms. The molecule has 0 bridgehead atoms. The lowest BCUT2D eigenvalue weighted by Crippen LogP contribution is -2.41. The number of carbonyl (C=O) groups excluding carboxylic acids is 1. The number of carbonyl (C=O) groups is 1. The highest BCUT2D eigenvalue weighted by molar-refractivity contribution is 7.89. The first-order valence-corrected chi connectivity index (χ1v) is 14.3. The zero-order valence-electron chi connectivity index (χ0n) is 20.6. The fraction of sp³-hybridized carbons (Fsp3) is 0.333. The predicted octanol–water partition coefficient (Wildman–Crippen LogP) is 5.92. The van der Waals surface area contributed by atoms with E-state index in [1.54, 1.807) is 33.7 Å². The summed E-state index contributed by atoms with van der Waals surface area (Å²) in [4.78, 5) is 20.3. The van der Waals surface area contributed by atoms with E-state index >= 15 is 0 Å². The van der Waals surface area contributed by atoms with Gasteiger partial charge in [-0.15, -0.1) is 0 Å². The van der Waals surface area contributed by atoms with E-state index in [1.807, 2.05) is 26.8 Å². The number of fused-ring (bicyclic) bond motifs is 1. The van der Waals surface area contributed by atoms with E-state index in [0.717, 1.165) is 40.6 Å². The standard InChI is InChI=1S/C27H29N3O4S2/c1-18-15-19(2)25-24(16-18)35-27(28-25)29(17-22-8-6-14-34-22)26(31)21-9-11-23(12-10-21)36(32,33)30-13-5-4-7-20(30)3/h6,8-12,14-16,20H,4-5,7,13,17H2,1-3H3. The van der Waals surface area contributed by atoms with Gasteiger partial charge in [0.2, 0.25) is 10.0 Å². The Morgan fingerprint density at radius 1 is 1.17 bits per heavy atom. The monoisotopic (exact) mass is 523 g/mol. The van der Waals surface area contributed by atoms with Crippen molar-refractivity contribution in [3.63, 3.8) is 0 Å². The molecule has 1 amide bonds. The molecule has 36 heavy (non-hydrogen) atoms. The summed E-state index contributed by atoms with van der Waals surface area (Å²) in [7, 11) is -3.61. The van der Waals surface area contributed by atoms with Crippen LogP contribution in [0.2, 0.25) is 0 Å². The molecule has 1 aliphatic rings. The second-order valence-corrected chi connectivity index (χ2v) is 12.3. The zero-order valence-corrected chi connectivity index (χ0v) is 22.2. The van der Waals surface area contributed by atoms with E-state index in [2.05, 4.69) is 12.1 Å². The van der Waals surface area contributed by atoms with Gasteiger partial charge in [-0.3, -0.25) is 9.69 Å². The van der Waals surface area contributed by atoms with E-state index in [1.165, 1.54) is 23.5 Å². The molecule has 0 saturated carbocycles. The number of hydrogen-bond acceptors (Lipinski definition) is 6. The molecule has 188 valence electrons. The van der Waals surface area contributed by atoms with Crippen LogP contribution in [0.3, 0.4) is 0 Å². The lowest BCUT2D eigenvalue weighted by atomic mass is 10.1. The molecule has 1 fully saturated rings. The third-order valence-electron chi connectivity index (χ3n) is 6.64. The highest BCUT2D eigenvalue weighted by atomic mass is 32.2. The topological polar surface area (TPSA) is 83.7 Å². The predicted molar refractivity (Wildman–Crippen MR) is 142 cm³/mol. The normalized spacial score (nSPS) is 16.9. The number of anilines is 1. The number of sulfonamides is 1. The van der Waals surface area contributed by atoms with E-state index in [-0.39, 0.29) is 23.4 Å². The molecule has 0 radical (unpaired) electrons. The highest BCUT2D eigenvalue weighted by Crippen LogP contribution is 2.33. The third-order valence-corrected chi connectivity index (χ3v) is 9.69. The quantitative estimate of drug-likeness (QED) is 0.313. The number of rotatable bonds is 6. The van der Waals surface area contributed by atoms with Crippen LogP contribution in [-0.4, -0.2) is 36.2 Å². The van der Waals surface area contributed by atoms with Crippen molar-refractivity contribution in [3.8, 4) is 0 Å². The van der Waals surface area contributed by atoms with Gasteiger partial charge in [0, 0.05) is 18.2 Å². The Morgan fingerprint density at radius 2 is 1.94 bits per heavy atom. The highest BCUT2D eigenvalue weighted by Gasteiger charge is 2.31. The van der Waals surface area contributed by atoms with Gasteiger partial charge in [0.1, 0.15) is 5.76 Å². The van der Waals surface area contributed by atoms with Gasteiger partial charge >= 0.3 is 0 Å². The fourth-order valence-corrected chi connectivity index (χ4v) is 7.59. The molecule has 0 N–H and O–H groups in total. The SMILES string of the molecule is Cc1cc(C)c2nc(N(Cc3ccco3)C(=O)c3ccc(S(=O)(=O)N4CCCCC4C)cc3)sc2c1. The van der Waals surface area contributed by atoms with Gasteiger partial charge in [0.25, 0.3) is 5.91 Å². The van der Waals surface area contributed by atoms with Crippen molar-refractivity contribution < 1.29 is 17.6 Å². The Kier molecular flexibility index (Phi) is 6.72. The van der Waals surface area contributed by atoms with Gasteiger partial charge in [-0.25, -0.2) is 13.4 Å². The minimum absolute atomic E-state index is 0.0278. The van der Waals surface area contributed by atoms with Crippen LogP contribution < -0.4 is 4.90 Å². The van der Waals surface area contributed by atoms with Crippen LogP contribution in [0.4, 0.5) is 5.13 Å². The summed E-state index contributed by atoms with van der Waals surface area (Å²) in [6.45, 7) is 6.74. The Hall–Kier alpha value is -3.01. The van der Waals surface area contributed by atoms with Crippen LogP contribution in [0.25, 0.3) is 10.2 Å². The summed E-state index contributed by atoms with van der Waals surface area (Å²) >= 11 is 1.45. The number of amides is 1. The molecule has 1 unspecified atom stereocenters. The Morgan fingerprint density at radius 3 is 2.64 bits per heavy atom. The van der Waals surface area contributed by atoms with E-state index in [0.29, 0.717) is 23.0 Å². The summed E-state index contributed by atoms with van der Waals surface area (Å²) in [6.07, 6.45) is 4.34. The zero-order chi connectivity index (χ0) is 25.4. The molecule has 1 atom stereocenters. The number of nitrogens with zero attached hydrogens (tertiary/aromatic N) is 3. The van der Waals surface area contributed by atoms with Gasteiger partial charge in [0.15, 0.2) is 5.13 Å². The van der Waals surface area contributed by atoms with Crippen molar-refractivity contribution in [2.24, 2.45) is 0 Å². The Balaban J connectivity index is 1.48. The number of aromatic nitrogens is 1. The molecule has 4 aromatic rings. The fourth-order valence-electron chi connectivity index (χ4n) is 4.75. The minimum Gasteiger partial charge on any atom is -0.467 e. The molecule has 2 aromatic heterocycles. The molecule has 0 aliphatic carbocycles. The molecular weight excluding hydrogens is 494 g/mol. The maximum Gasteiger partial charge on any atom is 0.260 e. The molecule has 3 heterocycles. The average molecular weight is 524 g/mol. The van der Waals surface area contributed by atoms with Gasteiger partial charge in [-0.1, -0.05) is 23.8 Å². The lowest BCUT2D eigenvalue weighted by Gasteiger charge is -2.32. The Labute approximate surface area is 215 Å². The van der Waals surface area contributed by atoms with E-state index in [4.69, 9.17) is 9.40 Å². The summed E-state index contributed by atoms with van der Waals surface area (Å²) < 4.78 is 34.5. The van der Waals surface area contributed by atoms with Crippen molar-refractivity contribution in [1.82, 2.24) is 9.29 Å². The number of piperidine rings is 1. The number of hydrogen-bond donors (Lipinski definition) is 0. The summed E-state index contributed by atoms with van der Waals surface area (Å²) in [6, 6.07) is 13.9. The van der Waals surface area contributed by atoms with Gasteiger partial charge in [-0.2, -0.15) is 4.31 Å². The van der Waals surface area contributed by atoms with Crippen LogP contribution >= 0.6 is 11.3 Å². The molecule has 0 spiro atoms. The van der Waals surface area contributed by atoms with Crippen LogP contribution in [0, 0.1) is 13.8 Å². The smallest absolute Gasteiger partial charge is 0.260 e. The van der Waals surface area contributed by atoms with Gasteiger partial charge in [-0.05, 0) is 87.2 Å². The first kappa shape index (κ1) is 24.7. The van der Waals surface area contributed by atoms with Crippen molar-refractivity contribution in [2.75, 3.05) is 11.4 Å². The number of benzene rings is 2. The van der Waals surface area contributed by atoms with Crippen LogP contribution in [0.1, 0.15) is 53.4 Å². The summed E-state index contributed by atoms with van der Waals surface area (Å²) in [5.74, 6) is 0.365. The second kappa shape index (κ2) is 9.80. The van der Waals surface area contributed by atoms with Crippen molar-refractivity contribution in [3.05, 3.63) is 77.2 Å². The van der Waals surface area contributed by atoms with E-state index in [9.17, 15) is 13.2 Å².